The Labute approximate surface area is 159 Å². The fourth-order valence-electron chi connectivity index (χ4n) is 2.74. The number of nitrogens with one attached hydrogen (secondary N) is 1. The number of thiazole rings is 1. The van der Waals surface area contributed by atoms with Gasteiger partial charge in [0, 0.05) is 23.8 Å². The lowest BCUT2D eigenvalue weighted by Gasteiger charge is -2.18. The van der Waals surface area contributed by atoms with Crippen LogP contribution in [-0.4, -0.2) is 24.0 Å². The molecule has 0 aliphatic heterocycles. The first-order valence-electron chi connectivity index (χ1n) is 7.94. The molecule has 2 aromatic rings. The number of aromatic nitrogens is 1. The molecule has 4 nitrogen and oxygen atoms in total. The number of nitrogens with two attached hydrogens (primary N) is 1. The Bertz CT molecular complexity index is 775. The van der Waals surface area contributed by atoms with Gasteiger partial charge in [-0.15, -0.1) is 23.7 Å². The van der Waals surface area contributed by atoms with Crippen molar-refractivity contribution in [3.8, 4) is 0 Å². The molecular formula is C17H19ClF3N3OS. The lowest BCUT2D eigenvalue weighted by molar-refractivity contribution is -0.137. The van der Waals surface area contributed by atoms with Crippen LogP contribution in [0.25, 0.3) is 0 Å². The van der Waals surface area contributed by atoms with Crippen LogP contribution >= 0.6 is 23.7 Å². The first kappa shape index (κ1) is 20.7. The van der Waals surface area contributed by atoms with Crippen molar-refractivity contribution in [3.63, 3.8) is 0 Å². The number of carbonyl (C=O) groups excluding carboxylic acids is 1. The van der Waals surface area contributed by atoms with Crippen LogP contribution < -0.4 is 11.1 Å². The van der Waals surface area contributed by atoms with Crippen LogP contribution in [-0.2, 0) is 18.0 Å². The number of benzene rings is 1. The fourth-order valence-corrected chi connectivity index (χ4v) is 3.53. The van der Waals surface area contributed by atoms with E-state index in [0.717, 1.165) is 23.9 Å². The molecule has 3 rings (SSSR count). The summed E-state index contributed by atoms with van der Waals surface area (Å²) in [4.78, 5) is 16.4. The standard InChI is InChI=1S/C17H18F3N3OS.ClH/c18-17(19,20)12-3-1-2-11(8-12)16(5-6-16)10-22-15(24)13-9-25-14(23-13)4-7-21;/h1-3,8-9H,4-7,10,21H2,(H,22,24);1H. The fraction of sp³-hybridized carbons (Fsp3) is 0.412. The molecule has 0 radical (unpaired) electrons. The van der Waals surface area contributed by atoms with Crippen LogP contribution in [0.3, 0.4) is 0 Å². The maximum absolute atomic E-state index is 12.9. The van der Waals surface area contributed by atoms with E-state index in [1.54, 1.807) is 11.4 Å². The number of carbonyl (C=O) groups is 1. The summed E-state index contributed by atoms with van der Waals surface area (Å²) in [7, 11) is 0. The highest BCUT2D eigenvalue weighted by molar-refractivity contribution is 7.09. The van der Waals surface area contributed by atoms with Crippen molar-refractivity contribution in [3.05, 3.63) is 51.5 Å². The molecule has 0 atom stereocenters. The van der Waals surface area contributed by atoms with Crippen molar-refractivity contribution in [2.24, 2.45) is 5.73 Å². The summed E-state index contributed by atoms with van der Waals surface area (Å²) in [6.07, 6.45) is -2.24. The highest BCUT2D eigenvalue weighted by Crippen LogP contribution is 2.48. The lowest BCUT2D eigenvalue weighted by Crippen LogP contribution is -2.32. The Balaban J connectivity index is 0.00000243. The van der Waals surface area contributed by atoms with E-state index in [1.807, 2.05) is 0 Å². The summed E-state index contributed by atoms with van der Waals surface area (Å²) in [6.45, 7) is 0.768. The summed E-state index contributed by atoms with van der Waals surface area (Å²) >= 11 is 1.38. The Morgan fingerprint density at radius 3 is 2.69 bits per heavy atom. The summed E-state index contributed by atoms with van der Waals surface area (Å²) in [5.41, 5.74) is 5.34. The summed E-state index contributed by atoms with van der Waals surface area (Å²) in [6, 6.07) is 5.35. The minimum atomic E-state index is -4.37. The molecule has 26 heavy (non-hydrogen) atoms. The van der Waals surface area contributed by atoms with E-state index in [4.69, 9.17) is 5.73 Å². The maximum atomic E-state index is 12.9. The molecule has 1 aliphatic rings. The quantitative estimate of drug-likeness (QED) is 0.772. The number of rotatable bonds is 6. The molecule has 1 aromatic carbocycles. The van der Waals surface area contributed by atoms with Crippen molar-refractivity contribution < 1.29 is 18.0 Å². The minimum absolute atomic E-state index is 0. The molecule has 1 heterocycles. The van der Waals surface area contributed by atoms with E-state index < -0.39 is 17.2 Å². The molecule has 1 fully saturated rings. The van der Waals surface area contributed by atoms with Crippen molar-refractivity contribution in [1.82, 2.24) is 10.3 Å². The topological polar surface area (TPSA) is 68.0 Å². The van der Waals surface area contributed by atoms with Gasteiger partial charge in [-0.3, -0.25) is 4.79 Å². The van der Waals surface area contributed by atoms with Gasteiger partial charge in [0.05, 0.1) is 10.6 Å². The van der Waals surface area contributed by atoms with Crippen LogP contribution in [0.2, 0.25) is 0 Å². The smallest absolute Gasteiger partial charge is 0.350 e. The van der Waals surface area contributed by atoms with Gasteiger partial charge >= 0.3 is 6.18 Å². The Morgan fingerprint density at radius 1 is 1.35 bits per heavy atom. The van der Waals surface area contributed by atoms with E-state index in [9.17, 15) is 18.0 Å². The highest BCUT2D eigenvalue weighted by atomic mass is 35.5. The molecule has 9 heteroatoms. The third-order valence-electron chi connectivity index (χ3n) is 4.39. The molecule has 1 aliphatic carbocycles. The van der Waals surface area contributed by atoms with Crippen LogP contribution in [0.1, 0.15) is 39.5 Å². The van der Waals surface area contributed by atoms with Gasteiger partial charge in [0.25, 0.3) is 5.91 Å². The first-order valence-corrected chi connectivity index (χ1v) is 8.82. The summed E-state index contributed by atoms with van der Waals surface area (Å²) < 4.78 is 38.7. The second-order valence-corrected chi connectivity index (χ2v) is 7.15. The Kier molecular flexibility index (Phi) is 6.31. The SMILES string of the molecule is Cl.NCCc1nc(C(=O)NCC2(c3cccc(C(F)(F)F)c3)CC2)cs1. The highest BCUT2D eigenvalue weighted by Gasteiger charge is 2.45. The van der Waals surface area contributed by atoms with Crippen LogP contribution in [0.5, 0.6) is 0 Å². The predicted molar refractivity (Wildman–Crippen MR) is 96.8 cm³/mol. The third-order valence-corrected chi connectivity index (χ3v) is 5.29. The Hall–Kier alpha value is -1.64. The second-order valence-electron chi connectivity index (χ2n) is 6.21. The number of alkyl halides is 3. The summed E-state index contributed by atoms with van der Waals surface area (Å²) in [5, 5.41) is 5.28. The molecule has 1 saturated carbocycles. The molecule has 0 bridgehead atoms. The van der Waals surface area contributed by atoms with Gasteiger partial charge in [0.2, 0.25) is 0 Å². The van der Waals surface area contributed by atoms with E-state index in [1.165, 1.54) is 23.5 Å². The first-order chi connectivity index (χ1) is 11.8. The zero-order chi connectivity index (χ0) is 18.1. The average Bonchev–Trinajstić information content (AvgIpc) is 3.23. The Morgan fingerprint density at radius 2 is 2.08 bits per heavy atom. The second kappa shape index (κ2) is 7.94. The van der Waals surface area contributed by atoms with Gasteiger partial charge in [0.15, 0.2) is 0 Å². The predicted octanol–water partition coefficient (Wildman–Crippen LogP) is 3.55. The van der Waals surface area contributed by atoms with Gasteiger partial charge in [-0.1, -0.05) is 18.2 Å². The van der Waals surface area contributed by atoms with Crippen LogP contribution in [0.4, 0.5) is 13.2 Å². The molecular weight excluding hydrogens is 387 g/mol. The normalized spacial score (nSPS) is 15.2. The molecule has 142 valence electrons. The zero-order valence-electron chi connectivity index (χ0n) is 13.8. The summed E-state index contributed by atoms with van der Waals surface area (Å²) in [5.74, 6) is -0.308. The maximum Gasteiger partial charge on any atom is 0.416 e. The molecule has 0 saturated heterocycles. The van der Waals surface area contributed by atoms with Crippen LogP contribution in [0.15, 0.2) is 29.6 Å². The molecule has 1 aromatic heterocycles. The largest absolute Gasteiger partial charge is 0.416 e. The lowest BCUT2D eigenvalue weighted by atomic mass is 9.94. The van der Waals surface area contributed by atoms with Crippen LogP contribution in [0, 0.1) is 0 Å². The molecule has 0 unspecified atom stereocenters. The number of hydrogen-bond donors (Lipinski definition) is 2. The van der Waals surface area contributed by atoms with E-state index >= 15 is 0 Å². The molecule has 0 spiro atoms. The van der Waals surface area contributed by atoms with Gasteiger partial charge < -0.3 is 11.1 Å². The van der Waals surface area contributed by atoms with Gasteiger partial charge in [-0.25, -0.2) is 4.98 Å². The number of nitrogens with zero attached hydrogens (tertiary/aromatic N) is 1. The monoisotopic (exact) mass is 405 g/mol. The van der Waals surface area contributed by atoms with Gasteiger partial charge in [-0.2, -0.15) is 13.2 Å². The number of halogens is 4. The van der Waals surface area contributed by atoms with E-state index in [-0.39, 0.29) is 18.3 Å². The van der Waals surface area contributed by atoms with Gasteiger partial charge in [-0.05, 0) is 31.0 Å². The number of hydrogen-bond acceptors (Lipinski definition) is 4. The average molecular weight is 406 g/mol. The molecule has 1 amide bonds. The van der Waals surface area contributed by atoms with Crippen molar-refractivity contribution >= 4 is 29.7 Å². The van der Waals surface area contributed by atoms with Crippen molar-refractivity contribution in [2.45, 2.75) is 30.9 Å². The third kappa shape index (κ3) is 4.55. The zero-order valence-corrected chi connectivity index (χ0v) is 15.4. The van der Waals surface area contributed by atoms with Gasteiger partial charge in [0.1, 0.15) is 5.69 Å². The number of amides is 1. The molecule has 3 N–H and O–H groups in total. The van der Waals surface area contributed by atoms with Crippen molar-refractivity contribution in [1.29, 1.82) is 0 Å². The van der Waals surface area contributed by atoms with E-state index in [0.29, 0.717) is 30.8 Å². The van der Waals surface area contributed by atoms with E-state index in [2.05, 4.69) is 10.3 Å². The minimum Gasteiger partial charge on any atom is -0.350 e. The van der Waals surface area contributed by atoms with Crippen molar-refractivity contribution in [2.75, 3.05) is 13.1 Å².